The maximum Gasteiger partial charge on any atom is 0.337 e. The molecule has 1 aromatic rings. The molecular weight excluding hydrogens is 256 g/mol. The number of nitriles is 1. The molecule has 5 heteroatoms. The first-order valence-corrected chi connectivity index (χ1v) is 5.99. The Hall–Kier alpha value is -2.79. The zero-order valence-electron chi connectivity index (χ0n) is 10.9. The third-order valence-corrected chi connectivity index (χ3v) is 3.19. The highest BCUT2D eigenvalue weighted by Crippen LogP contribution is 2.28. The van der Waals surface area contributed by atoms with Gasteiger partial charge in [-0.2, -0.15) is 5.26 Å². The molecule has 100 valence electrons. The van der Waals surface area contributed by atoms with Crippen molar-refractivity contribution in [1.82, 2.24) is 0 Å². The van der Waals surface area contributed by atoms with E-state index in [9.17, 15) is 14.9 Å². The zero-order valence-corrected chi connectivity index (χ0v) is 10.9. The average Bonchev–Trinajstić information content (AvgIpc) is 2.86. The molecule has 1 amide bonds. The number of terminal acetylenes is 1. The van der Waals surface area contributed by atoms with Crippen LogP contribution in [0.4, 0.5) is 5.69 Å². The van der Waals surface area contributed by atoms with Crippen LogP contribution in [0.2, 0.25) is 0 Å². The van der Waals surface area contributed by atoms with Crippen molar-refractivity contribution < 1.29 is 14.3 Å². The van der Waals surface area contributed by atoms with Gasteiger partial charge in [-0.25, -0.2) is 4.79 Å². The van der Waals surface area contributed by atoms with E-state index in [-0.39, 0.29) is 29.4 Å². The van der Waals surface area contributed by atoms with Crippen LogP contribution >= 0.6 is 0 Å². The van der Waals surface area contributed by atoms with Gasteiger partial charge >= 0.3 is 5.97 Å². The lowest BCUT2D eigenvalue weighted by molar-refractivity contribution is -0.117. The normalized spacial score (nSPS) is 17.4. The first kappa shape index (κ1) is 13.6. The lowest BCUT2D eigenvalue weighted by Gasteiger charge is -2.17. The Balaban J connectivity index is 2.39. The molecule has 1 aromatic carbocycles. The fraction of sp³-hybridized carbons (Fsp3) is 0.267. The van der Waals surface area contributed by atoms with Gasteiger partial charge in [0.05, 0.1) is 23.9 Å². The molecule has 0 aromatic heterocycles. The second-order valence-electron chi connectivity index (χ2n) is 4.41. The standard InChI is InChI=1S/C15H12N2O3/c1-3-10-6-14(18)17(9-10)13-5-4-11(15(19)20-2)7-12(13)8-16/h1,4-5,7,10H,6,9H2,2H3. The van der Waals surface area contributed by atoms with E-state index in [4.69, 9.17) is 6.42 Å². The number of amides is 1. The molecule has 0 spiro atoms. The monoisotopic (exact) mass is 268 g/mol. The van der Waals surface area contributed by atoms with Crippen LogP contribution in [0.1, 0.15) is 22.3 Å². The number of benzene rings is 1. The fourth-order valence-corrected chi connectivity index (χ4v) is 2.16. The van der Waals surface area contributed by atoms with E-state index in [1.807, 2.05) is 6.07 Å². The van der Waals surface area contributed by atoms with Crippen LogP contribution in [0, 0.1) is 29.6 Å². The predicted molar refractivity (Wildman–Crippen MR) is 71.8 cm³/mol. The maximum atomic E-state index is 11.9. The fourth-order valence-electron chi connectivity index (χ4n) is 2.16. The van der Waals surface area contributed by atoms with Gasteiger partial charge in [-0.3, -0.25) is 4.79 Å². The molecule has 0 bridgehead atoms. The first-order valence-electron chi connectivity index (χ1n) is 5.99. The molecular formula is C15H12N2O3. The van der Waals surface area contributed by atoms with Gasteiger partial charge in [0.15, 0.2) is 0 Å². The van der Waals surface area contributed by atoms with Gasteiger partial charge in [0.25, 0.3) is 0 Å². The van der Waals surface area contributed by atoms with E-state index in [1.165, 1.54) is 24.1 Å². The van der Waals surface area contributed by atoms with Crippen LogP contribution in [0.25, 0.3) is 0 Å². The zero-order chi connectivity index (χ0) is 14.7. The van der Waals surface area contributed by atoms with E-state index in [1.54, 1.807) is 6.07 Å². The highest BCUT2D eigenvalue weighted by atomic mass is 16.5. The van der Waals surface area contributed by atoms with Crippen LogP contribution in [0.5, 0.6) is 0 Å². The minimum atomic E-state index is -0.526. The molecule has 0 radical (unpaired) electrons. The SMILES string of the molecule is C#CC1CC(=O)N(c2ccc(C(=O)OC)cc2C#N)C1. The minimum Gasteiger partial charge on any atom is -0.465 e. The third kappa shape index (κ3) is 2.34. The Morgan fingerprint density at radius 3 is 2.85 bits per heavy atom. The quantitative estimate of drug-likeness (QED) is 0.599. The second kappa shape index (κ2) is 5.46. The number of anilines is 1. The van der Waals surface area contributed by atoms with Crippen LogP contribution < -0.4 is 4.90 Å². The topological polar surface area (TPSA) is 70.4 Å². The lowest BCUT2D eigenvalue weighted by atomic mass is 10.1. The Morgan fingerprint density at radius 2 is 2.30 bits per heavy atom. The van der Waals surface area contributed by atoms with E-state index >= 15 is 0 Å². The summed E-state index contributed by atoms with van der Waals surface area (Å²) in [6.07, 6.45) is 5.61. The molecule has 1 unspecified atom stereocenters. The van der Waals surface area contributed by atoms with Crippen LogP contribution in [0.15, 0.2) is 18.2 Å². The number of nitrogens with zero attached hydrogens (tertiary/aromatic N) is 2. The third-order valence-electron chi connectivity index (χ3n) is 3.19. The van der Waals surface area contributed by atoms with Crippen molar-refractivity contribution in [1.29, 1.82) is 5.26 Å². The second-order valence-corrected chi connectivity index (χ2v) is 4.41. The smallest absolute Gasteiger partial charge is 0.337 e. The minimum absolute atomic E-state index is 0.115. The largest absolute Gasteiger partial charge is 0.465 e. The number of carbonyl (C=O) groups excluding carboxylic acids is 2. The summed E-state index contributed by atoms with van der Waals surface area (Å²) in [5.74, 6) is 1.77. The van der Waals surface area contributed by atoms with Crippen molar-refractivity contribution in [2.24, 2.45) is 5.92 Å². The average molecular weight is 268 g/mol. The molecule has 0 N–H and O–H groups in total. The number of methoxy groups -OCH3 is 1. The summed E-state index contributed by atoms with van der Waals surface area (Å²) in [5, 5.41) is 9.19. The van der Waals surface area contributed by atoms with Crippen molar-refractivity contribution in [2.45, 2.75) is 6.42 Å². The van der Waals surface area contributed by atoms with E-state index < -0.39 is 5.97 Å². The van der Waals surface area contributed by atoms with E-state index in [0.29, 0.717) is 12.2 Å². The molecule has 0 aliphatic carbocycles. The number of hydrogen-bond acceptors (Lipinski definition) is 4. The molecule has 20 heavy (non-hydrogen) atoms. The summed E-state index contributed by atoms with van der Waals surface area (Å²) in [5.41, 5.74) is 0.995. The molecule has 1 heterocycles. The number of carbonyl (C=O) groups is 2. The molecule has 2 rings (SSSR count). The molecule has 1 fully saturated rings. The summed E-state index contributed by atoms with van der Waals surface area (Å²) in [6.45, 7) is 0.390. The van der Waals surface area contributed by atoms with Gasteiger partial charge in [-0.1, -0.05) is 0 Å². The highest BCUT2D eigenvalue weighted by Gasteiger charge is 2.31. The summed E-state index contributed by atoms with van der Waals surface area (Å²) in [4.78, 5) is 24.8. The summed E-state index contributed by atoms with van der Waals surface area (Å²) < 4.78 is 4.60. The molecule has 1 atom stereocenters. The van der Waals surface area contributed by atoms with Crippen molar-refractivity contribution in [3.8, 4) is 18.4 Å². The Kier molecular flexibility index (Phi) is 3.72. The molecule has 1 aliphatic heterocycles. The van der Waals surface area contributed by atoms with Gasteiger partial charge in [0, 0.05) is 18.9 Å². The van der Waals surface area contributed by atoms with Crippen LogP contribution in [0.3, 0.4) is 0 Å². The van der Waals surface area contributed by atoms with Crippen molar-refractivity contribution in [3.63, 3.8) is 0 Å². The number of esters is 1. The molecule has 1 aliphatic rings. The molecule has 1 saturated heterocycles. The van der Waals surface area contributed by atoms with Crippen LogP contribution in [-0.4, -0.2) is 25.5 Å². The Bertz CT molecular complexity index is 652. The van der Waals surface area contributed by atoms with Crippen molar-refractivity contribution >= 4 is 17.6 Å². The molecule has 0 saturated carbocycles. The van der Waals surface area contributed by atoms with Gasteiger partial charge in [0.2, 0.25) is 5.91 Å². The number of rotatable bonds is 2. The number of hydrogen-bond donors (Lipinski definition) is 0. The van der Waals surface area contributed by atoms with Gasteiger partial charge in [0.1, 0.15) is 6.07 Å². The van der Waals surface area contributed by atoms with Crippen molar-refractivity contribution in [3.05, 3.63) is 29.3 Å². The summed E-state index contributed by atoms with van der Waals surface area (Å²) >= 11 is 0. The lowest BCUT2D eigenvalue weighted by Crippen LogP contribution is -2.25. The molecule has 5 nitrogen and oxygen atoms in total. The maximum absolute atomic E-state index is 11.9. The first-order chi connectivity index (χ1) is 9.60. The van der Waals surface area contributed by atoms with Gasteiger partial charge in [-0.15, -0.1) is 12.3 Å². The Labute approximate surface area is 116 Å². The van der Waals surface area contributed by atoms with E-state index in [0.717, 1.165) is 0 Å². The van der Waals surface area contributed by atoms with Gasteiger partial charge in [-0.05, 0) is 18.2 Å². The van der Waals surface area contributed by atoms with Crippen molar-refractivity contribution in [2.75, 3.05) is 18.6 Å². The van der Waals surface area contributed by atoms with E-state index in [2.05, 4.69) is 10.7 Å². The highest BCUT2D eigenvalue weighted by molar-refractivity contribution is 5.98. The van der Waals surface area contributed by atoms with Crippen LogP contribution in [-0.2, 0) is 9.53 Å². The predicted octanol–water partition coefficient (Wildman–Crippen LogP) is 1.33. The number of ether oxygens (including phenoxy) is 1. The summed E-state index contributed by atoms with van der Waals surface area (Å²) in [7, 11) is 1.27. The summed E-state index contributed by atoms with van der Waals surface area (Å²) in [6, 6.07) is 6.50. The van der Waals surface area contributed by atoms with Gasteiger partial charge < -0.3 is 9.64 Å². The Morgan fingerprint density at radius 1 is 1.55 bits per heavy atom.